The maximum Gasteiger partial charge on any atom is 0.339 e. The topological polar surface area (TPSA) is 82.0 Å². The van der Waals surface area contributed by atoms with E-state index in [0.717, 1.165) is 23.2 Å². The molecule has 1 aromatic heterocycles. The Balaban J connectivity index is 1.31. The first-order valence-electron chi connectivity index (χ1n) is 11.3. The Morgan fingerprint density at radius 3 is 2.83 bits per heavy atom. The number of pyridine rings is 1. The quantitative estimate of drug-likeness (QED) is 0.325. The van der Waals surface area contributed by atoms with Crippen LogP contribution in [0, 0.1) is 5.82 Å². The highest BCUT2D eigenvalue weighted by molar-refractivity contribution is 6.46. The minimum Gasteiger partial charge on any atom is -0.307 e. The molecule has 36 heavy (non-hydrogen) atoms. The Bertz CT molecular complexity index is 1490. The van der Waals surface area contributed by atoms with Crippen molar-refractivity contribution in [3.05, 3.63) is 107 Å². The van der Waals surface area contributed by atoms with Crippen molar-refractivity contribution < 1.29 is 9.18 Å². The summed E-state index contributed by atoms with van der Waals surface area (Å²) >= 11 is 5.87. The average Bonchev–Trinajstić information content (AvgIpc) is 2.89. The average molecular weight is 501 g/mol. The van der Waals surface area contributed by atoms with Gasteiger partial charge >= 0.3 is 6.03 Å². The molecule has 0 saturated carbocycles. The van der Waals surface area contributed by atoms with Crippen LogP contribution in [0.4, 0.5) is 14.9 Å². The zero-order valence-corrected chi connectivity index (χ0v) is 20.1. The summed E-state index contributed by atoms with van der Waals surface area (Å²) in [7, 11) is 0. The Morgan fingerprint density at radius 1 is 1.17 bits per heavy atom. The SMILES string of the molecule is CC(=NNC(=O)Nc1ccc(Cl)cc1)C1=NN2C(=CCC=C2Cc2cc3cccnc3cc2F)C=C1. The highest BCUT2D eigenvalue weighted by atomic mass is 35.5. The number of allylic oxidation sites excluding steroid dienone is 5. The number of hydrogen-bond donors (Lipinski definition) is 2. The number of carbonyl (C=O) groups is 1. The lowest BCUT2D eigenvalue weighted by atomic mass is 10.0. The molecule has 2 amide bonds. The number of nitrogens with zero attached hydrogens (tertiary/aromatic N) is 4. The molecule has 2 aliphatic rings. The van der Waals surface area contributed by atoms with E-state index in [1.807, 2.05) is 42.5 Å². The van der Waals surface area contributed by atoms with Crippen LogP contribution in [0.2, 0.25) is 5.02 Å². The third-order valence-electron chi connectivity index (χ3n) is 5.76. The molecule has 9 heteroatoms. The van der Waals surface area contributed by atoms with Crippen molar-refractivity contribution >= 4 is 45.6 Å². The van der Waals surface area contributed by atoms with Gasteiger partial charge in [0, 0.05) is 40.5 Å². The zero-order chi connectivity index (χ0) is 25.1. The van der Waals surface area contributed by atoms with Gasteiger partial charge in [0.05, 0.1) is 16.9 Å². The summed E-state index contributed by atoms with van der Waals surface area (Å²) in [5, 5.41) is 14.8. The summed E-state index contributed by atoms with van der Waals surface area (Å²) < 4.78 is 14.8. The number of hydrazone groups is 2. The lowest BCUT2D eigenvalue weighted by Gasteiger charge is -2.29. The van der Waals surface area contributed by atoms with Crippen molar-refractivity contribution in [1.29, 1.82) is 0 Å². The molecule has 0 aliphatic carbocycles. The van der Waals surface area contributed by atoms with E-state index in [-0.39, 0.29) is 5.82 Å². The minimum absolute atomic E-state index is 0.302. The van der Waals surface area contributed by atoms with E-state index < -0.39 is 6.03 Å². The van der Waals surface area contributed by atoms with E-state index in [2.05, 4.69) is 20.8 Å². The van der Waals surface area contributed by atoms with Gasteiger partial charge in [-0.3, -0.25) is 4.98 Å². The van der Waals surface area contributed by atoms with Crippen LogP contribution in [0.25, 0.3) is 10.9 Å². The van der Waals surface area contributed by atoms with Crippen LogP contribution >= 0.6 is 11.6 Å². The fourth-order valence-electron chi connectivity index (χ4n) is 3.92. The van der Waals surface area contributed by atoms with E-state index in [9.17, 15) is 9.18 Å². The number of hydrogen-bond acceptors (Lipinski definition) is 5. The van der Waals surface area contributed by atoms with Crippen molar-refractivity contribution in [1.82, 2.24) is 15.4 Å². The number of rotatable bonds is 5. The van der Waals surface area contributed by atoms with Gasteiger partial charge in [0.2, 0.25) is 0 Å². The molecule has 5 rings (SSSR count). The first kappa shape index (κ1) is 23.4. The third-order valence-corrected chi connectivity index (χ3v) is 6.01. The van der Waals surface area contributed by atoms with Crippen LogP contribution in [0.5, 0.6) is 0 Å². The number of carbonyl (C=O) groups excluding carboxylic acids is 1. The fraction of sp³-hybridized carbons (Fsp3) is 0.111. The van der Waals surface area contributed by atoms with Crippen LogP contribution in [-0.2, 0) is 6.42 Å². The second-order valence-corrected chi connectivity index (χ2v) is 8.71. The summed E-state index contributed by atoms with van der Waals surface area (Å²) in [6.45, 7) is 1.75. The maximum atomic E-state index is 14.8. The van der Waals surface area contributed by atoms with Gasteiger partial charge in [-0.1, -0.05) is 29.8 Å². The fourth-order valence-corrected chi connectivity index (χ4v) is 4.04. The van der Waals surface area contributed by atoms with Crippen molar-refractivity contribution in [2.45, 2.75) is 19.8 Å². The van der Waals surface area contributed by atoms with E-state index >= 15 is 0 Å². The van der Waals surface area contributed by atoms with Crippen LogP contribution in [0.15, 0.2) is 101 Å². The number of aromatic nitrogens is 1. The second kappa shape index (κ2) is 10.1. The van der Waals surface area contributed by atoms with Crippen molar-refractivity contribution in [3.63, 3.8) is 0 Å². The van der Waals surface area contributed by atoms with Gasteiger partial charge in [0.15, 0.2) is 0 Å². The summed E-state index contributed by atoms with van der Waals surface area (Å²) in [5.74, 6) is -0.302. The molecule has 3 aromatic rings. The lowest BCUT2D eigenvalue weighted by Crippen LogP contribution is -2.29. The molecule has 0 atom stereocenters. The van der Waals surface area contributed by atoms with Crippen molar-refractivity contribution in [2.24, 2.45) is 10.2 Å². The smallest absolute Gasteiger partial charge is 0.307 e. The zero-order valence-electron chi connectivity index (χ0n) is 19.4. The monoisotopic (exact) mass is 500 g/mol. The number of nitrogens with one attached hydrogen (secondary N) is 2. The molecule has 3 heterocycles. The summed E-state index contributed by atoms with van der Waals surface area (Å²) in [6.07, 6.45) is 10.6. The lowest BCUT2D eigenvalue weighted by molar-refractivity contribution is 0.252. The Morgan fingerprint density at radius 2 is 2.00 bits per heavy atom. The predicted octanol–water partition coefficient (Wildman–Crippen LogP) is 6.17. The largest absolute Gasteiger partial charge is 0.339 e. The second-order valence-electron chi connectivity index (χ2n) is 8.28. The van der Waals surface area contributed by atoms with Gasteiger partial charge in [0.1, 0.15) is 11.5 Å². The molecule has 0 spiro atoms. The number of anilines is 1. The van der Waals surface area contributed by atoms with E-state index in [0.29, 0.717) is 39.6 Å². The molecule has 0 unspecified atom stereocenters. The number of urea groups is 1. The first-order chi connectivity index (χ1) is 17.5. The van der Waals surface area contributed by atoms with Crippen molar-refractivity contribution in [2.75, 3.05) is 5.32 Å². The molecule has 2 aromatic carbocycles. The van der Waals surface area contributed by atoms with E-state index in [4.69, 9.17) is 16.7 Å². The highest BCUT2D eigenvalue weighted by Crippen LogP contribution is 2.29. The number of fused-ring (bicyclic) bond motifs is 2. The van der Waals surface area contributed by atoms with Gasteiger partial charge < -0.3 is 5.32 Å². The molecule has 7 nitrogen and oxygen atoms in total. The van der Waals surface area contributed by atoms with E-state index in [1.165, 1.54) is 6.07 Å². The minimum atomic E-state index is -0.488. The molecular weight excluding hydrogens is 479 g/mol. The van der Waals surface area contributed by atoms with Gasteiger partial charge in [-0.2, -0.15) is 10.2 Å². The van der Waals surface area contributed by atoms with E-state index in [1.54, 1.807) is 42.4 Å². The van der Waals surface area contributed by atoms with Gasteiger partial charge in [-0.15, -0.1) is 0 Å². The first-order valence-corrected chi connectivity index (χ1v) is 11.7. The number of amides is 2. The third kappa shape index (κ3) is 5.18. The Hall–Kier alpha value is -4.30. The normalized spacial score (nSPS) is 15.1. The molecule has 2 N–H and O–H groups in total. The molecule has 0 radical (unpaired) electrons. The molecule has 0 bridgehead atoms. The van der Waals surface area contributed by atoms with Crippen molar-refractivity contribution in [3.8, 4) is 0 Å². The highest BCUT2D eigenvalue weighted by Gasteiger charge is 2.22. The summed E-state index contributed by atoms with van der Waals surface area (Å²) in [5.41, 5.74) is 7.12. The van der Waals surface area contributed by atoms with Crippen LogP contribution in [0.1, 0.15) is 18.9 Å². The Kier molecular flexibility index (Phi) is 6.60. The maximum absolute atomic E-state index is 14.8. The molecule has 0 saturated heterocycles. The summed E-state index contributed by atoms with van der Waals surface area (Å²) in [6, 6.07) is 13.3. The van der Waals surface area contributed by atoms with Crippen LogP contribution < -0.4 is 10.7 Å². The molecule has 180 valence electrons. The van der Waals surface area contributed by atoms with Crippen LogP contribution in [0.3, 0.4) is 0 Å². The predicted molar refractivity (Wildman–Crippen MR) is 141 cm³/mol. The molecular formula is C27H22ClFN6O. The Labute approximate surface area is 212 Å². The standard InChI is InChI=1S/C27H22ClFN6O/c1-17(32-33-27(36)31-21-9-7-20(28)8-10-21)25-12-11-22-5-2-6-23(35(22)34-25)15-19-14-18-4-3-13-30-26(18)16-24(19)29/h3-14,16H,2,15H2,1H3,(H2,31,33,36). The number of halogens is 2. The van der Waals surface area contributed by atoms with Gasteiger partial charge in [-0.05, 0) is 67.5 Å². The number of benzene rings is 2. The molecule has 2 aliphatic heterocycles. The van der Waals surface area contributed by atoms with Crippen LogP contribution in [-0.4, -0.2) is 27.4 Å². The summed E-state index contributed by atoms with van der Waals surface area (Å²) in [4.78, 5) is 16.4. The van der Waals surface area contributed by atoms with Gasteiger partial charge in [0.25, 0.3) is 0 Å². The van der Waals surface area contributed by atoms with Gasteiger partial charge in [-0.25, -0.2) is 19.6 Å². The molecule has 0 fully saturated rings.